The maximum atomic E-state index is 5.01. The van der Waals surface area contributed by atoms with Crippen LogP contribution in [0.4, 0.5) is 0 Å². The molecule has 0 saturated carbocycles. The normalized spacial score (nSPS) is 10.9. The number of methoxy groups -OCH3 is 1. The van der Waals surface area contributed by atoms with E-state index in [1.807, 2.05) is 6.20 Å². The van der Waals surface area contributed by atoms with Crippen LogP contribution in [0.3, 0.4) is 0 Å². The van der Waals surface area contributed by atoms with Crippen molar-refractivity contribution in [3.8, 4) is 0 Å². The average molecular weight is 259 g/mol. The predicted molar refractivity (Wildman–Crippen MR) is 60.1 cm³/mol. The van der Waals surface area contributed by atoms with Gasteiger partial charge in [-0.05, 0) is 34.6 Å². The van der Waals surface area contributed by atoms with Gasteiger partial charge in [0.15, 0.2) is 0 Å². The van der Waals surface area contributed by atoms with Crippen LogP contribution in [0.5, 0.6) is 0 Å². The maximum Gasteiger partial charge on any atom is 0.0589 e. The number of aromatic nitrogens is 1. The Kier molecular flexibility index (Phi) is 5.07. The van der Waals surface area contributed by atoms with Gasteiger partial charge in [0.1, 0.15) is 0 Å². The van der Waals surface area contributed by atoms with Crippen molar-refractivity contribution in [1.82, 2.24) is 9.88 Å². The Morgan fingerprint density at radius 3 is 2.93 bits per heavy atom. The molecule has 0 aliphatic rings. The number of halogens is 1. The number of nitrogens with zero attached hydrogens (tertiary/aromatic N) is 2. The van der Waals surface area contributed by atoms with Crippen molar-refractivity contribution in [2.45, 2.75) is 6.54 Å². The maximum absolute atomic E-state index is 5.01. The number of ether oxygens (including phenoxy) is 1. The van der Waals surface area contributed by atoms with Crippen molar-refractivity contribution in [3.63, 3.8) is 0 Å². The van der Waals surface area contributed by atoms with Gasteiger partial charge in [-0.3, -0.25) is 9.88 Å². The van der Waals surface area contributed by atoms with E-state index in [9.17, 15) is 0 Å². The molecule has 0 amide bonds. The molecule has 4 heteroatoms. The predicted octanol–water partition coefficient (Wildman–Crippen LogP) is 1.92. The van der Waals surface area contributed by atoms with Crippen molar-refractivity contribution >= 4 is 15.9 Å². The second-order valence-electron chi connectivity index (χ2n) is 3.24. The Morgan fingerprint density at radius 2 is 2.29 bits per heavy atom. The summed E-state index contributed by atoms with van der Waals surface area (Å²) in [6, 6.07) is 2.08. The van der Waals surface area contributed by atoms with E-state index in [4.69, 9.17) is 4.74 Å². The van der Waals surface area contributed by atoms with Crippen LogP contribution in [0.15, 0.2) is 22.9 Å². The minimum Gasteiger partial charge on any atom is -0.383 e. The molecule has 0 bridgehead atoms. The fourth-order valence-electron chi connectivity index (χ4n) is 1.18. The first-order valence-electron chi connectivity index (χ1n) is 4.49. The SMILES string of the molecule is COCCN(C)Cc1cncc(Br)c1. The van der Waals surface area contributed by atoms with Gasteiger partial charge in [0.25, 0.3) is 0 Å². The summed E-state index contributed by atoms with van der Waals surface area (Å²) in [5, 5.41) is 0. The highest BCUT2D eigenvalue weighted by atomic mass is 79.9. The van der Waals surface area contributed by atoms with E-state index in [0.29, 0.717) is 0 Å². The third-order valence-electron chi connectivity index (χ3n) is 1.89. The van der Waals surface area contributed by atoms with E-state index in [0.717, 1.165) is 24.2 Å². The number of pyridine rings is 1. The minimum absolute atomic E-state index is 0.762. The third-order valence-corrected chi connectivity index (χ3v) is 2.32. The fraction of sp³-hybridized carbons (Fsp3) is 0.500. The smallest absolute Gasteiger partial charge is 0.0589 e. The molecule has 0 spiro atoms. The van der Waals surface area contributed by atoms with E-state index in [1.165, 1.54) is 5.56 Å². The molecule has 0 radical (unpaired) electrons. The first-order valence-corrected chi connectivity index (χ1v) is 5.28. The third kappa shape index (κ3) is 4.17. The lowest BCUT2D eigenvalue weighted by atomic mass is 10.3. The standard InChI is InChI=1S/C10H15BrN2O/c1-13(3-4-14-2)8-9-5-10(11)7-12-6-9/h5-7H,3-4,8H2,1-2H3. The fourth-order valence-corrected chi connectivity index (χ4v) is 1.59. The van der Waals surface area contributed by atoms with Gasteiger partial charge in [0, 0.05) is 37.1 Å². The van der Waals surface area contributed by atoms with E-state index in [-0.39, 0.29) is 0 Å². The van der Waals surface area contributed by atoms with Crippen molar-refractivity contribution in [3.05, 3.63) is 28.5 Å². The summed E-state index contributed by atoms with van der Waals surface area (Å²) in [5.74, 6) is 0. The van der Waals surface area contributed by atoms with Crippen molar-refractivity contribution < 1.29 is 4.74 Å². The summed E-state index contributed by atoms with van der Waals surface area (Å²) in [5.41, 5.74) is 1.21. The second kappa shape index (κ2) is 6.11. The molecule has 0 N–H and O–H groups in total. The first kappa shape index (κ1) is 11.6. The number of hydrogen-bond donors (Lipinski definition) is 0. The van der Waals surface area contributed by atoms with Crippen LogP contribution in [-0.2, 0) is 11.3 Å². The number of likely N-dealkylation sites (N-methyl/N-ethyl adjacent to an activating group) is 1. The highest BCUT2D eigenvalue weighted by molar-refractivity contribution is 9.10. The van der Waals surface area contributed by atoms with E-state index < -0.39 is 0 Å². The van der Waals surface area contributed by atoms with Crippen LogP contribution in [0.2, 0.25) is 0 Å². The lowest BCUT2D eigenvalue weighted by molar-refractivity contribution is 0.158. The topological polar surface area (TPSA) is 25.4 Å². The van der Waals surface area contributed by atoms with Crippen molar-refractivity contribution in [2.75, 3.05) is 27.3 Å². The Labute approximate surface area is 93.2 Å². The Bertz CT molecular complexity index is 281. The molecule has 0 fully saturated rings. The number of hydrogen-bond acceptors (Lipinski definition) is 3. The van der Waals surface area contributed by atoms with E-state index >= 15 is 0 Å². The van der Waals surface area contributed by atoms with Crippen molar-refractivity contribution in [2.24, 2.45) is 0 Å². The largest absolute Gasteiger partial charge is 0.383 e. The van der Waals surface area contributed by atoms with Gasteiger partial charge in [0.2, 0.25) is 0 Å². The molecular formula is C10H15BrN2O. The van der Waals surface area contributed by atoms with Gasteiger partial charge in [-0.25, -0.2) is 0 Å². The molecule has 0 aliphatic heterocycles. The quantitative estimate of drug-likeness (QED) is 0.807. The van der Waals surface area contributed by atoms with E-state index in [2.05, 4.69) is 38.9 Å². The van der Waals surface area contributed by atoms with Gasteiger partial charge in [-0.2, -0.15) is 0 Å². The molecule has 14 heavy (non-hydrogen) atoms. The lowest BCUT2D eigenvalue weighted by Gasteiger charge is -2.15. The summed E-state index contributed by atoms with van der Waals surface area (Å²) >= 11 is 3.40. The molecule has 0 unspecified atom stereocenters. The van der Waals surface area contributed by atoms with Crippen LogP contribution < -0.4 is 0 Å². The van der Waals surface area contributed by atoms with Crippen molar-refractivity contribution in [1.29, 1.82) is 0 Å². The molecule has 1 heterocycles. The molecule has 0 aromatic carbocycles. The van der Waals surface area contributed by atoms with Crippen LogP contribution in [0.25, 0.3) is 0 Å². The van der Waals surface area contributed by atoms with Crippen LogP contribution in [-0.4, -0.2) is 37.2 Å². The lowest BCUT2D eigenvalue weighted by Crippen LogP contribution is -2.22. The first-order chi connectivity index (χ1) is 6.72. The van der Waals surface area contributed by atoms with Gasteiger partial charge in [0.05, 0.1) is 6.61 Å². The summed E-state index contributed by atoms with van der Waals surface area (Å²) in [6.45, 7) is 2.59. The Hall–Kier alpha value is -0.450. The van der Waals surface area contributed by atoms with Gasteiger partial charge < -0.3 is 4.74 Å². The summed E-state index contributed by atoms with van der Waals surface area (Å²) in [7, 11) is 3.79. The summed E-state index contributed by atoms with van der Waals surface area (Å²) in [6.07, 6.45) is 3.67. The zero-order valence-corrected chi connectivity index (χ0v) is 10.1. The zero-order chi connectivity index (χ0) is 10.4. The summed E-state index contributed by atoms with van der Waals surface area (Å²) < 4.78 is 6.03. The molecule has 1 aromatic heterocycles. The highest BCUT2D eigenvalue weighted by Gasteiger charge is 2.00. The monoisotopic (exact) mass is 258 g/mol. The van der Waals surface area contributed by atoms with Crippen LogP contribution in [0.1, 0.15) is 5.56 Å². The minimum atomic E-state index is 0.762. The Morgan fingerprint density at radius 1 is 1.50 bits per heavy atom. The Balaban J connectivity index is 2.43. The number of rotatable bonds is 5. The average Bonchev–Trinajstić information content (AvgIpc) is 2.15. The molecule has 0 saturated heterocycles. The molecule has 78 valence electrons. The van der Waals surface area contributed by atoms with Crippen LogP contribution in [0, 0.1) is 0 Å². The van der Waals surface area contributed by atoms with E-state index in [1.54, 1.807) is 13.3 Å². The second-order valence-corrected chi connectivity index (χ2v) is 4.16. The molecule has 0 aliphatic carbocycles. The highest BCUT2D eigenvalue weighted by Crippen LogP contribution is 2.10. The molecular weight excluding hydrogens is 244 g/mol. The van der Waals surface area contributed by atoms with Gasteiger partial charge in [-0.1, -0.05) is 0 Å². The summed E-state index contributed by atoms with van der Waals surface area (Å²) in [4.78, 5) is 6.31. The zero-order valence-electron chi connectivity index (χ0n) is 8.53. The molecule has 3 nitrogen and oxygen atoms in total. The molecule has 1 aromatic rings. The van der Waals surface area contributed by atoms with Crippen LogP contribution >= 0.6 is 15.9 Å². The van der Waals surface area contributed by atoms with Gasteiger partial charge >= 0.3 is 0 Å². The molecule has 0 atom stereocenters. The van der Waals surface area contributed by atoms with Gasteiger partial charge in [-0.15, -0.1) is 0 Å². The molecule has 1 rings (SSSR count).